The van der Waals surface area contributed by atoms with Crippen LogP contribution in [0.3, 0.4) is 0 Å². The summed E-state index contributed by atoms with van der Waals surface area (Å²) in [6, 6.07) is 4.23. The molecule has 0 amide bonds. The second-order valence-corrected chi connectivity index (χ2v) is 6.80. The Morgan fingerprint density at radius 3 is 2.52 bits per heavy atom. The van der Waals surface area contributed by atoms with Gasteiger partial charge >= 0.3 is 0 Å². The molecule has 25 heavy (non-hydrogen) atoms. The minimum atomic E-state index is 0.540. The molecule has 0 radical (unpaired) electrons. The molecular weight excluding hydrogens is 330 g/mol. The number of benzene rings is 1. The van der Waals surface area contributed by atoms with E-state index in [0.717, 1.165) is 23.7 Å². The van der Waals surface area contributed by atoms with Gasteiger partial charge in [-0.25, -0.2) is 4.98 Å². The Morgan fingerprint density at radius 2 is 2.00 bits per heavy atom. The zero-order valence-corrected chi connectivity index (χ0v) is 16.0. The second-order valence-electron chi connectivity index (χ2n) is 5.94. The van der Waals surface area contributed by atoms with Gasteiger partial charge in [-0.2, -0.15) is 0 Å². The number of nitrogens with one attached hydrogen (secondary N) is 2. The summed E-state index contributed by atoms with van der Waals surface area (Å²) >= 11 is 1.63. The Hall–Kier alpha value is -2.40. The first kappa shape index (κ1) is 18.9. The number of aromatic nitrogens is 1. The van der Waals surface area contributed by atoms with Crippen molar-refractivity contribution in [3.05, 3.63) is 63.8 Å². The van der Waals surface area contributed by atoms with Crippen molar-refractivity contribution in [3.8, 4) is 0 Å². The third-order valence-electron chi connectivity index (χ3n) is 3.96. The van der Waals surface area contributed by atoms with E-state index in [0.29, 0.717) is 6.42 Å². The van der Waals surface area contributed by atoms with Crippen LogP contribution in [0.5, 0.6) is 0 Å². The molecule has 0 bridgehead atoms. The lowest BCUT2D eigenvalue weighted by atomic mass is 9.98. The highest BCUT2D eigenvalue weighted by Gasteiger charge is 2.05. The van der Waals surface area contributed by atoms with Crippen LogP contribution >= 0.6 is 11.3 Å². The van der Waals surface area contributed by atoms with Gasteiger partial charge in [-0.05, 0) is 49.7 Å². The quantitative estimate of drug-likeness (QED) is 0.813. The van der Waals surface area contributed by atoms with Gasteiger partial charge in [0.2, 0.25) is 0 Å². The number of hydrogen-bond donors (Lipinski definition) is 2. The van der Waals surface area contributed by atoms with Gasteiger partial charge in [0, 0.05) is 31.0 Å². The molecule has 1 aromatic carbocycles. The fraction of sp³-hybridized carbons (Fsp3) is 0.300. The molecule has 0 saturated heterocycles. The van der Waals surface area contributed by atoms with Crippen LogP contribution in [0.1, 0.15) is 27.9 Å². The summed E-state index contributed by atoms with van der Waals surface area (Å²) in [6.45, 7) is 7.07. The number of rotatable bonds is 4. The summed E-state index contributed by atoms with van der Waals surface area (Å²) < 4.78 is 0. The molecule has 2 heterocycles. The van der Waals surface area contributed by atoms with Crippen molar-refractivity contribution in [2.24, 2.45) is 0 Å². The number of hydrogen-bond acceptors (Lipinski definition) is 5. The SMILES string of the molecule is CNc1nc(C2=CCNC=C2)cs1.Cc1cc(C)c(CC=O)c(C)c1. The first-order valence-electron chi connectivity index (χ1n) is 8.29. The fourth-order valence-corrected chi connectivity index (χ4v) is 3.46. The van der Waals surface area contributed by atoms with Gasteiger partial charge in [-0.1, -0.05) is 23.8 Å². The number of aryl methyl sites for hydroxylation is 3. The molecule has 1 aromatic heterocycles. The molecule has 1 aliphatic heterocycles. The third kappa shape index (κ3) is 5.29. The van der Waals surface area contributed by atoms with Gasteiger partial charge in [-0.15, -0.1) is 11.3 Å². The lowest BCUT2D eigenvalue weighted by Crippen LogP contribution is -2.08. The summed E-state index contributed by atoms with van der Waals surface area (Å²) in [6.07, 6.45) is 7.63. The molecule has 3 rings (SSSR count). The Bertz CT molecular complexity index is 767. The van der Waals surface area contributed by atoms with Crippen molar-refractivity contribution >= 4 is 28.3 Å². The summed E-state index contributed by atoms with van der Waals surface area (Å²) in [4.78, 5) is 14.8. The van der Waals surface area contributed by atoms with Crippen molar-refractivity contribution in [1.82, 2.24) is 10.3 Å². The third-order valence-corrected chi connectivity index (χ3v) is 4.82. The van der Waals surface area contributed by atoms with Gasteiger partial charge in [-0.3, -0.25) is 0 Å². The standard InChI is InChI=1S/C11H14O.C9H11N3S/c1-8-6-9(2)11(4-5-12)10(3)7-8;1-10-9-12-8(6-13-9)7-2-4-11-5-3-7/h5-7H,4H2,1-3H3;2-4,6,11H,5H2,1H3,(H,10,12). The number of aldehydes is 1. The molecule has 2 aromatic rings. The largest absolute Gasteiger partial charge is 0.387 e. The van der Waals surface area contributed by atoms with E-state index in [-0.39, 0.29) is 0 Å². The number of anilines is 1. The van der Waals surface area contributed by atoms with Crippen LogP contribution in [0.15, 0.2) is 35.9 Å². The molecule has 0 unspecified atom stereocenters. The van der Waals surface area contributed by atoms with Crippen molar-refractivity contribution in [1.29, 1.82) is 0 Å². The van der Waals surface area contributed by atoms with Crippen LogP contribution in [0.4, 0.5) is 5.13 Å². The number of dihydropyridines is 1. The van der Waals surface area contributed by atoms with Gasteiger partial charge in [0.15, 0.2) is 5.13 Å². The van der Waals surface area contributed by atoms with E-state index >= 15 is 0 Å². The summed E-state index contributed by atoms with van der Waals surface area (Å²) in [5, 5.41) is 9.16. The molecule has 0 spiro atoms. The zero-order valence-electron chi connectivity index (χ0n) is 15.2. The maximum Gasteiger partial charge on any atom is 0.182 e. The van der Waals surface area contributed by atoms with Crippen LogP contribution in [0.25, 0.3) is 5.57 Å². The van der Waals surface area contributed by atoms with Gasteiger partial charge in [0.05, 0.1) is 5.69 Å². The molecule has 0 saturated carbocycles. The monoisotopic (exact) mass is 355 g/mol. The maximum atomic E-state index is 10.4. The molecule has 0 aliphatic carbocycles. The number of allylic oxidation sites excluding steroid dienone is 2. The van der Waals surface area contributed by atoms with Gasteiger partial charge in [0.25, 0.3) is 0 Å². The normalized spacial score (nSPS) is 12.6. The molecule has 0 fully saturated rings. The van der Waals surface area contributed by atoms with Crippen molar-refractivity contribution < 1.29 is 4.79 Å². The average Bonchev–Trinajstić information content (AvgIpc) is 3.09. The summed E-state index contributed by atoms with van der Waals surface area (Å²) in [5.41, 5.74) is 7.12. The summed E-state index contributed by atoms with van der Waals surface area (Å²) in [7, 11) is 1.88. The minimum Gasteiger partial charge on any atom is -0.387 e. The van der Waals surface area contributed by atoms with E-state index in [1.165, 1.54) is 27.8 Å². The van der Waals surface area contributed by atoms with E-state index in [4.69, 9.17) is 0 Å². The Balaban J connectivity index is 0.000000181. The van der Waals surface area contributed by atoms with E-state index in [1.54, 1.807) is 11.3 Å². The first-order valence-corrected chi connectivity index (χ1v) is 9.17. The van der Waals surface area contributed by atoms with E-state index < -0.39 is 0 Å². The van der Waals surface area contributed by atoms with Crippen LogP contribution < -0.4 is 10.6 Å². The lowest BCUT2D eigenvalue weighted by molar-refractivity contribution is -0.107. The molecule has 0 atom stereocenters. The average molecular weight is 356 g/mol. The highest BCUT2D eigenvalue weighted by molar-refractivity contribution is 7.13. The van der Waals surface area contributed by atoms with Crippen LogP contribution in [-0.2, 0) is 11.2 Å². The highest BCUT2D eigenvalue weighted by atomic mass is 32.1. The predicted molar refractivity (Wildman–Crippen MR) is 107 cm³/mol. The van der Waals surface area contributed by atoms with Crippen LogP contribution in [0, 0.1) is 20.8 Å². The fourth-order valence-electron chi connectivity index (χ4n) is 2.78. The number of nitrogens with zero attached hydrogens (tertiary/aromatic N) is 1. The highest BCUT2D eigenvalue weighted by Crippen LogP contribution is 2.22. The van der Waals surface area contributed by atoms with Crippen LogP contribution in [-0.4, -0.2) is 24.9 Å². The lowest BCUT2D eigenvalue weighted by Gasteiger charge is -2.07. The zero-order chi connectivity index (χ0) is 18.2. The predicted octanol–water partition coefficient (Wildman–Crippen LogP) is 4.04. The maximum absolute atomic E-state index is 10.4. The smallest absolute Gasteiger partial charge is 0.182 e. The molecule has 132 valence electrons. The Morgan fingerprint density at radius 1 is 1.28 bits per heavy atom. The topological polar surface area (TPSA) is 54.0 Å². The van der Waals surface area contributed by atoms with Crippen LogP contribution in [0.2, 0.25) is 0 Å². The van der Waals surface area contributed by atoms with Crippen molar-refractivity contribution in [2.75, 3.05) is 18.9 Å². The molecular formula is C20H25N3OS. The number of carbonyl (C=O) groups is 1. The van der Waals surface area contributed by atoms with E-state index in [1.807, 2.05) is 19.3 Å². The first-order chi connectivity index (χ1) is 12.0. The number of thiazole rings is 1. The Labute approximate surface area is 153 Å². The minimum absolute atomic E-state index is 0.540. The van der Waals surface area contributed by atoms with E-state index in [2.05, 4.69) is 60.0 Å². The van der Waals surface area contributed by atoms with Gasteiger partial charge < -0.3 is 15.4 Å². The van der Waals surface area contributed by atoms with Gasteiger partial charge in [0.1, 0.15) is 6.29 Å². The van der Waals surface area contributed by atoms with Crippen molar-refractivity contribution in [3.63, 3.8) is 0 Å². The van der Waals surface area contributed by atoms with E-state index in [9.17, 15) is 4.79 Å². The molecule has 2 N–H and O–H groups in total. The Kier molecular flexibility index (Phi) is 6.95. The molecule has 4 nitrogen and oxygen atoms in total. The summed E-state index contributed by atoms with van der Waals surface area (Å²) in [5.74, 6) is 0. The molecule has 1 aliphatic rings. The molecule has 5 heteroatoms. The number of carbonyl (C=O) groups excluding carboxylic acids is 1. The van der Waals surface area contributed by atoms with Crippen molar-refractivity contribution in [2.45, 2.75) is 27.2 Å². The second kappa shape index (κ2) is 9.18.